The highest BCUT2D eigenvalue weighted by molar-refractivity contribution is 7.91. The first-order valence-corrected chi connectivity index (χ1v) is 11.9. The first kappa shape index (κ1) is 19.5. The van der Waals surface area contributed by atoms with E-state index < -0.39 is 22.0 Å². The summed E-state index contributed by atoms with van der Waals surface area (Å²) in [4.78, 5) is 13.7. The number of carbonyl (C=O) groups is 1. The molecule has 0 bridgehead atoms. The molecule has 1 unspecified atom stereocenters. The van der Waals surface area contributed by atoms with Crippen molar-refractivity contribution in [2.24, 2.45) is 0 Å². The van der Waals surface area contributed by atoms with Crippen molar-refractivity contribution in [1.82, 2.24) is 14.5 Å². The quantitative estimate of drug-likeness (QED) is 0.607. The van der Waals surface area contributed by atoms with E-state index in [0.717, 1.165) is 16.2 Å². The monoisotopic (exact) mass is 458 g/mol. The molecule has 3 aromatic rings. The third-order valence-electron chi connectivity index (χ3n) is 4.22. The number of rotatable bonds is 6. The minimum atomic E-state index is -3.79. The van der Waals surface area contributed by atoms with E-state index in [1.54, 1.807) is 11.3 Å². The van der Waals surface area contributed by atoms with Crippen molar-refractivity contribution in [1.29, 1.82) is 0 Å². The van der Waals surface area contributed by atoms with Crippen molar-refractivity contribution < 1.29 is 17.6 Å². The van der Waals surface area contributed by atoms with Crippen LogP contribution in [0.5, 0.6) is 0 Å². The zero-order valence-electron chi connectivity index (χ0n) is 14.4. The van der Waals surface area contributed by atoms with Crippen LogP contribution < -0.4 is 5.32 Å². The third-order valence-corrected chi connectivity index (χ3v) is 8.70. The SMILES string of the molecule is O=C(Nc1nnc(Cc2cccs2)o1)C1CCCN1S(=O)(=O)c1ccc(Cl)s1. The largest absolute Gasteiger partial charge is 0.407 e. The van der Waals surface area contributed by atoms with E-state index in [-0.39, 0.29) is 16.8 Å². The topological polar surface area (TPSA) is 105 Å². The Kier molecular flexibility index (Phi) is 5.52. The molecule has 1 aliphatic heterocycles. The second-order valence-corrected chi connectivity index (χ2v) is 10.9. The first-order valence-electron chi connectivity index (χ1n) is 8.36. The number of nitrogens with one attached hydrogen (secondary N) is 1. The Morgan fingerprint density at radius 1 is 1.36 bits per heavy atom. The van der Waals surface area contributed by atoms with Gasteiger partial charge in [0.15, 0.2) is 0 Å². The molecule has 148 valence electrons. The normalized spacial score (nSPS) is 17.8. The zero-order valence-corrected chi connectivity index (χ0v) is 17.6. The van der Waals surface area contributed by atoms with Crippen LogP contribution in [0.3, 0.4) is 0 Å². The summed E-state index contributed by atoms with van der Waals surface area (Å²) in [6.45, 7) is 0.267. The van der Waals surface area contributed by atoms with E-state index in [2.05, 4.69) is 15.5 Å². The standard InChI is InChI=1S/C16H15ClN4O4S3/c17-12-5-6-14(27-12)28(23,24)21-7-1-4-11(21)15(22)18-16-20-19-13(25-16)9-10-3-2-8-26-10/h2-3,5-6,8,11H,1,4,7,9H2,(H,18,20,22). The van der Waals surface area contributed by atoms with Gasteiger partial charge < -0.3 is 4.42 Å². The molecule has 1 saturated heterocycles. The Morgan fingerprint density at radius 3 is 2.93 bits per heavy atom. The first-order chi connectivity index (χ1) is 13.4. The van der Waals surface area contributed by atoms with E-state index in [0.29, 0.717) is 29.5 Å². The Bertz CT molecular complexity index is 1080. The molecule has 1 aliphatic rings. The number of halogens is 1. The maximum absolute atomic E-state index is 12.8. The maximum Gasteiger partial charge on any atom is 0.322 e. The molecule has 0 aliphatic carbocycles. The van der Waals surface area contributed by atoms with Gasteiger partial charge in [0, 0.05) is 11.4 Å². The van der Waals surface area contributed by atoms with Gasteiger partial charge in [0.2, 0.25) is 11.8 Å². The number of nitrogens with zero attached hydrogens (tertiary/aromatic N) is 3. The Morgan fingerprint density at radius 2 is 2.21 bits per heavy atom. The van der Waals surface area contributed by atoms with Crippen LogP contribution in [0, 0.1) is 0 Å². The van der Waals surface area contributed by atoms with Gasteiger partial charge in [0.1, 0.15) is 10.3 Å². The molecule has 0 aromatic carbocycles. The molecule has 1 fully saturated rings. The van der Waals surface area contributed by atoms with Gasteiger partial charge in [-0.2, -0.15) is 4.31 Å². The van der Waals surface area contributed by atoms with Crippen LogP contribution in [0.1, 0.15) is 23.6 Å². The highest BCUT2D eigenvalue weighted by Gasteiger charge is 2.40. The van der Waals surface area contributed by atoms with Gasteiger partial charge in [-0.25, -0.2) is 8.42 Å². The molecule has 4 rings (SSSR count). The predicted octanol–water partition coefficient (Wildman–Crippen LogP) is 3.23. The minimum absolute atomic E-state index is 0.0417. The zero-order chi connectivity index (χ0) is 19.7. The van der Waals surface area contributed by atoms with Gasteiger partial charge in [-0.05, 0) is 36.4 Å². The van der Waals surface area contributed by atoms with Gasteiger partial charge in [-0.1, -0.05) is 22.8 Å². The van der Waals surface area contributed by atoms with Gasteiger partial charge >= 0.3 is 6.01 Å². The smallest absolute Gasteiger partial charge is 0.322 e. The molecular weight excluding hydrogens is 444 g/mol. The number of anilines is 1. The van der Waals surface area contributed by atoms with E-state index in [9.17, 15) is 13.2 Å². The lowest BCUT2D eigenvalue weighted by atomic mass is 10.2. The lowest BCUT2D eigenvalue weighted by molar-refractivity contribution is -0.119. The van der Waals surface area contributed by atoms with Crippen LogP contribution in [-0.4, -0.2) is 41.4 Å². The molecule has 1 amide bonds. The highest BCUT2D eigenvalue weighted by Crippen LogP contribution is 2.32. The summed E-state index contributed by atoms with van der Waals surface area (Å²) in [5.41, 5.74) is 0. The number of aromatic nitrogens is 2. The molecule has 3 aromatic heterocycles. The summed E-state index contributed by atoms with van der Waals surface area (Å²) in [6, 6.07) is 5.97. The number of thiophene rings is 2. The molecule has 4 heterocycles. The predicted molar refractivity (Wildman–Crippen MR) is 106 cm³/mol. The second-order valence-electron chi connectivity index (χ2n) is 6.08. The van der Waals surface area contributed by atoms with Crippen molar-refractivity contribution >= 4 is 56.2 Å². The molecule has 28 heavy (non-hydrogen) atoms. The van der Waals surface area contributed by atoms with Gasteiger partial charge in [0.05, 0.1) is 10.8 Å². The van der Waals surface area contributed by atoms with Crippen LogP contribution in [0.2, 0.25) is 4.34 Å². The molecular formula is C16H15ClN4O4S3. The molecule has 12 heteroatoms. The van der Waals surface area contributed by atoms with Crippen molar-refractivity contribution in [3.8, 4) is 0 Å². The summed E-state index contributed by atoms with van der Waals surface area (Å²) < 4.78 is 32.9. The van der Waals surface area contributed by atoms with Crippen LogP contribution >= 0.6 is 34.3 Å². The molecule has 1 atom stereocenters. The fourth-order valence-corrected chi connectivity index (χ4v) is 6.93. The average Bonchev–Trinajstić information content (AvgIpc) is 3.43. The fourth-order valence-electron chi connectivity index (χ4n) is 2.97. The van der Waals surface area contributed by atoms with Gasteiger partial charge in [-0.3, -0.25) is 10.1 Å². The Balaban J connectivity index is 1.46. The molecule has 1 N–H and O–H groups in total. The molecule has 0 saturated carbocycles. The van der Waals surface area contributed by atoms with Crippen LogP contribution in [-0.2, 0) is 21.2 Å². The van der Waals surface area contributed by atoms with E-state index in [4.69, 9.17) is 16.0 Å². The maximum atomic E-state index is 12.8. The molecule has 8 nitrogen and oxygen atoms in total. The summed E-state index contributed by atoms with van der Waals surface area (Å²) in [5, 5.41) is 12.2. The van der Waals surface area contributed by atoms with Gasteiger partial charge in [0.25, 0.3) is 10.0 Å². The van der Waals surface area contributed by atoms with Crippen molar-refractivity contribution in [2.75, 3.05) is 11.9 Å². The fraction of sp³-hybridized carbons (Fsp3) is 0.312. The van der Waals surface area contributed by atoms with Crippen molar-refractivity contribution in [2.45, 2.75) is 29.5 Å². The molecule has 0 spiro atoms. The summed E-state index contributed by atoms with van der Waals surface area (Å²) in [6.07, 6.45) is 1.48. The van der Waals surface area contributed by atoms with Crippen LogP contribution in [0.4, 0.5) is 6.01 Å². The summed E-state index contributed by atoms with van der Waals surface area (Å²) >= 11 is 8.40. The number of carbonyl (C=O) groups excluding carboxylic acids is 1. The third kappa shape index (κ3) is 3.98. The lowest BCUT2D eigenvalue weighted by Gasteiger charge is -2.21. The van der Waals surface area contributed by atoms with E-state index >= 15 is 0 Å². The minimum Gasteiger partial charge on any atom is -0.407 e. The van der Waals surface area contributed by atoms with Gasteiger partial charge in [-0.15, -0.1) is 27.8 Å². The molecule has 0 radical (unpaired) electrons. The Labute approximate surface area is 174 Å². The average molecular weight is 459 g/mol. The summed E-state index contributed by atoms with van der Waals surface area (Å²) in [7, 11) is -3.79. The number of hydrogen-bond donors (Lipinski definition) is 1. The highest BCUT2D eigenvalue weighted by atomic mass is 35.5. The summed E-state index contributed by atoms with van der Waals surface area (Å²) in [5.74, 6) is -0.114. The van der Waals surface area contributed by atoms with Crippen LogP contribution in [0.15, 0.2) is 38.3 Å². The van der Waals surface area contributed by atoms with E-state index in [1.165, 1.54) is 16.4 Å². The van der Waals surface area contributed by atoms with Crippen LogP contribution in [0.25, 0.3) is 0 Å². The van der Waals surface area contributed by atoms with E-state index in [1.807, 2.05) is 17.5 Å². The Hall–Kier alpha value is -1.79. The number of sulfonamides is 1. The van der Waals surface area contributed by atoms with Crippen molar-refractivity contribution in [3.05, 3.63) is 44.7 Å². The van der Waals surface area contributed by atoms with Crippen molar-refractivity contribution in [3.63, 3.8) is 0 Å². The number of hydrogen-bond acceptors (Lipinski definition) is 8. The second kappa shape index (κ2) is 7.91. The number of amides is 1. The lowest BCUT2D eigenvalue weighted by Crippen LogP contribution is -2.42.